The lowest BCUT2D eigenvalue weighted by molar-refractivity contribution is 0.262. The number of rotatable bonds is 4. The van der Waals surface area contributed by atoms with Gasteiger partial charge in [0.2, 0.25) is 0 Å². The maximum atomic E-state index is 13.9. The fourth-order valence-corrected chi connectivity index (χ4v) is 4.00. The molecule has 1 unspecified atom stereocenters. The molecule has 0 spiro atoms. The molecule has 2 amide bonds. The van der Waals surface area contributed by atoms with Crippen LogP contribution in [-0.4, -0.2) is 22.5 Å². The number of pyridine rings is 1. The minimum atomic E-state index is -0.626. The number of amides is 2. The number of benzene rings is 2. The molecular weight excluding hydrogens is 417 g/mol. The Labute approximate surface area is 184 Å². The van der Waals surface area contributed by atoms with Crippen molar-refractivity contribution in [2.75, 3.05) is 22.1 Å². The molecule has 1 aliphatic heterocycles. The molecule has 2 aromatic carbocycles. The van der Waals surface area contributed by atoms with Gasteiger partial charge in [0.25, 0.3) is 0 Å². The van der Waals surface area contributed by atoms with Gasteiger partial charge in [-0.25, -0.2) is 14.2 Å². The number of nitrogens with one attached hydrogen (secondary N) is 3. The predicted octanol–water partition coefficient (Wildman–Crippen LogP) is 5.56. The number of H-pyrrole nitrogens is 1. The van der Waals surface area contributed by atoms with Crippen LogP contribution >= 0.6 is 11.6 Å². The topological polar surface area (TPSA) is 73.0 Å². The molecule has 2 aromatic heterocycles. The van der Waals surface area contributed by atoms with Crippen molar-refractivity contribution < 1.29 is 10.6 Å². The summed E-state index contributed by atoms with van der Waals surface area (Å²) in [4.78, 5) is 21.9. The van der Waals surface area contributed by atoms with Crippen molar-refractivity contribution >= 4 is 45.7 Å². The second kappa shape index (κ2) is 7.92. The quantitative estimate of drug-likeness (QED) is 0.392. The van der Waals surface area contributed by atoms with Crippen LogP contribution in [0.1, 0.15) is 12.5 Å². The van der Waals surface area contributed by atoms with Crippen LogP contribution in [0.15, 0.2) is 60.9 Å². The summed E-state index contributed by atoms with van der Waals surface area (Å²) in [6.45, 7) is 0.0125. The standard InChI is InChI=1S/C23H19ClFN5O/c24-15-6-7-18(25)20(11-15)29-23(31)28-19-4-1-5-21-17(19)8-10-30(21)13-14-12-27-22-16(14)3-2-9-26-22/h1-7,9,11-12H,8,10,13H2,(H,26,27)(H2,28,29,31)/i13D. The van der Waals surface area contributed by atoms with Gasteiger partial charge >= 0.3 is 6.03 Å². The Morgan fingerprint density at radius 2 is 2.10 bits per heavy atom. The zero-order valence-electron chi connectivity index (χ0n) is 17.3. The summed E-state index contributed by atoms with van der Waals surface area (Å²) in [5.74, 6) is -0.570. The number of nitrogens with zero attached hydrogens (tertiary/aromatic N) is 2. The van der Waals surface area contributed by atoms with Crippen molar-refractivity contribution in [2.24, 2.45) is 0 Å². The molecule has 0 saturated carbocycles. The first-order chi connectivity index (χ1) is 15.5. The number of anilines is 3. The Bertz CT molecular complexity index is 1330. The highest BCUT2D eigenvalue weighted by Gasteiger charge is 2.23. The fraction of sp³-hybridized carbons (Fsp3) is 0.130. The first-order valence-electron chi connectivity index (χ1n) is 10.3. The molecule has 3 N–H and O–H groups in total. The summed E-state index contributed by atoms with van der Waals surface area (Å²) in [5, 5.41) is 6.53. The average molecular weight is 437 g/mol. The number of hydrogen-bond acceptors (Lipinski definition) is 3. The second-order valence-corrected chi connectivity index (χ2v) is 7.66. The van der Waals surface area contributed by atoms with Gasteiger partial charge in [0, 0.05) is 52.8 Å². The Kier molecular flexibility index (Phi) is 4.65. The molecule has 8 heteroatoms. The SMILES string of the molecule is [2H]C(c1c[nH]c2ncccc12)N1CCc2c(NC(=O)Nc3cc(Cl)ccc3F)cccc21. The van der Waals surface area contributed by atoms with E-state index < -0.39 is 18.4 Å². The van der Waals surface area contributed by atoms with Gasteiger partial charge in [-0.3, -0.25) is 0 Å². The summed E-state index contributed by atoms with van der Waals surface area (Å²) in [6.07, 6.45) is 4.21. The third kappa shape index (κ3) is 3.80. The van der Waals surface area contributed by atoms with E-state index in [1.807, 2.05) is 35.4 Å². The Hall–Kier alpha value is -3.58. The van der Waals surface area contributed by atoms with Crippen molar-refractivity contribution in [3.8, 4) is 0 Å². The predicted molar refractivity (Wildman–Crippen MR) is 121 cm³/mol. The van der Waals surface area contributed by atoms with E-state index in [1.54, 1.807) is 12.3 Å². The van der Waals surface area contributed by atoms with Crippen LogP contribution in [0.4, 0.5) is 26.2 Å². The van der Waals surface area contributed by atoms with Crippen LogP contribution < -0.4 is 15.5 Å². The molecular formula is C23H19ClFN5O. The first-order valence-corrected chi connectivity index (χ1v) is 10.1. The molecule has 3 heterocycles. The van der Waals surface area contributed by atoms with Crippen molar-refractivity contribution in [3.05, 3.63) is 82.9 Å². The zero-order chi connectivity index (χ0) is 22.2. The summed E-state index contributed by atoms with van der Waals surface area (Å²) in [6, 6.07) is 12.8. The third-order valence-corrected chi connectivity index (χ3v) is 5.50. The van der Waals surface area contributed by atoms with Gasteiger partial charge in [0.1, 0.15) is 11.5 Å². The summed E-state index contributed by atoms with van der Waals surface area (Å²) >= 11 is 5.89. The van der Waals surface area contributed by atoms with Gasteiger partial charge in [-0.15, -0.1) is 0 Å². The van der Waals surface area contributed by atoms with Crippen LogP contribution in [0.5, 0.6) is 0 Å². The Morgan fingerprint density at radius 3 is 3.00 bits per heavy atom. The summed E-state index contributed by atoms with van der Waals surface area (Å²) < 4.78 is 22.8. The molecule has 31 heavy (non-hydrogen) atoms. The summed E-state index contributed by atoms with van der Waals surface area (Å²) in [5.41, 5.74) is 4.04. The molecule has 0 aliphatic carbocycles. The van der Waals surface area contributed by atoms with E-state index in [1.165, 1.54) is 18.2 Å². The van der Waals surface area contributed by atoms with Crippen LogP contribution in [0, 0.1) is 5.82 Å². The van der Waals surface area contributed by atoms with Crippen LogP contribution in [0.25, 0.3) is 11.0 Å². The highest BCUT2D eigenvalue weighted by molar-refractivity contribution is 6.30. The monoisotopic (exact) mass is 436 g/mol. The smallest absolute Gasteiger partial charge is 0.323 e. The normalized spacial score (nSPS) is 14.3. The van der Waals surface area contributed by atoms with Crippen molar-refractivity contribution in [2.45, 2.75) is 12.9 Å². The lowest BCUT2D eigenvalue weighted by Crippen LogP contribution is -2.21. The largest absolute Gasteiger partial charge is 0.367 e. The van der Waals surface area contributed by atoms with E-state index in [2.05, 4.69) is 20.6 Å². The van der Waals surface area contributed by atoms with E-state index in [9.17, 15) is 9.18 Å². The number of fused-ring (bicyclic) bond motifs is 2. The van der Waals surface area contributed by atoms with Crippen LogP contribution in [0.2, 0.25) is 5.02 Å². The number of aromatic nitrogens is 2. The number of urea groups is 1. The van der Waals surface area contributed by atoms with Gasteiger partial charge in [0.05, 0.1) is 7.06 Å². The minimum absolute atomic E-state index is 0.00312. The van der Waals surface area contributed by atoms with Gasteiger partial charge in [-0.1, -0.05) is 17.7 Å². The maximum Gasteiger partial charge on any atom is 0.323 e. The second-order valence-electron chi connectivity index (χ2n) is 7.22. The Balaban J connectivity index is 1.38. The lowest BCUT2D eigenvalue weighted by Gasteiger charge is -2.19. The molecule has 0 saturated heterocycles. The molecule has 0 fully saturated rings. The van der Waals surface area contributed by atoms with Gasteiger partial charge in [0.15, 0.2) is 0 Å². The van der Waals surface area contributed by atoms with Crippen LogP contribution in [-0.2, 0) is 12.9 Å². The number of carbonyl (C=O) groups is 1. The number of hydrogen-bond donors (Lipinski definition) is 3. The molecule has 156 valence electrons. The highest BCUT2D eigenvalue weighted by Crippen LogP contribution is 2.35. The number of aromatic amines is 1. The van der Waals surface area contributed by atoms with Gasteiger partial charge < -0.3 is 20.5 Å². The number of carbonyl (C=O) groups excluding carboxylic acids is 1. The molecule has 0 bridgehead atoms. The highest BCUT2D eigenvalue weighted by atomic mass is 35.5. The minimum Gasteiger partial charge on any atom is -0.367 e. The van der Waals surface area contributed by atoms with Crippen molar-refractivity contribution in [1.29, 1.82) is 0 Å². The fourth-order valence-electron chi connectivity index (χ4n) is 3.83. The van der Waals surface area contributed by atoms with Gasteiger partial charge in [-0.05, 0) is 54.4 Å². The van der Waals surface area contributed by atoms with E-state index >= 15 is 0 Å². The van der Waals surface area contributed by atoms with E-state index in [0.717, 1.165) is 27.8 Å². The average Bonchev–Trinajstić information content (AvgIpc) is 3.41. The lowest BCUT2D eigenvalue weighted by atomic mass is 10.1. The van der Waals surface area contributed by atoms with Gasteiger partial charge in [-0.2, -0.15) is 0 Å². The molecule has 1 aliphatic rings. The first kappa shape index (κ1) is 18.2. The number of halogens is 2. The summed E-state index contributed by atoms with van der Waals surface area (Å²) in [7, 11) is 0. The molecule has 4 aromatic rings. The maximum absolute atomic E-state index is 13.9. The van der Waals surface area contributed by atoms with E-state index in [-0.39, 0.29) is 5.69 Å². The molecule has 1 atom stereocenters. The molecule has 6 nitrogen and oxygen atoms in total. The zero-order valence-corrected chi connectivity index (χ0v) is 17.1. The van der Waals surface area contributed by atoms with Crippen LogP contribution in [0.3, 0.4) is 0 Å². The van der Waals surface area contributed by atoms with E-state index in [0.29, 0.717) is 23.7 Å². The van der Waals surface area contributed by atoms with Crippen molar-refractivity contribution in [3.63, 3.8) is 0 Å². The third-order valence-electron chi connectivity index (χ3n) is 5.27. The van der Waals surface area contributed by atoms with E-state index in [4.69, 9.17) is 13.0 Å². The molecule has 0 radical (unpaired) electrons. The molecule has 5 rings (SSSR count). The Morgan fingerprint density at radius 1 is 1.23 bits per heavy atom. The van der Waals surface area contributed by atoms with Crippen molar-refractivity contribution in [1.82, 2.24) is 9.97 Å².